The van der Waals surface area contributed by atoms with Crippen molar-refractivity contribution < 1.29 is 4.89 Å². The van der Waals surface area contributed by atoms with Crippen LogP contribution in [0.2, 0.25) is 0 Å². The van der Waals surface area contributed by atoms with Crippen LogP contribution in [0.4, 0.5) is 0 Å². The van der Waals surface area contributed by atoms with Crippen LogP contribution in [0, 0.1) is 0 Å². The molecule has 0 saturated heterocycles. The molecule has 0 aromatic carbocycles. The molecule has 15 heavy (non-hydrogen) atoms. The lowest BCUT2D eigenvalue weighted by Gasteiger charge is -2.04. The van der Waals surface area contributed by atoms with E-state index in [2.05, 4.69) is 6.92 Å². The molecular weight excluding hydrogens is 203 g/mol. The maximum absolute atomic E-state index is 9.14. The summed E-state index contributed by atoms with van der Waals surface area (Å²) in [5.41, 5.74) is 0. The van der Waals surface area contributed by atoms with Crippen molar-refractivity contribution in [3.05, 3.63) is 0 Å². The van der Waals surface area contributed by atoms with E-state index < -0.39 is 8.15 Å². The topological polar surface area (TPSA) is 20.2 Å². The molecule has 0 radical (unpaired) electrons. The quantitative estimate of drug-likeness (QED) is 0.396. The summed E-state index contributed by atoms with van der Waals surface area (Å²) in [4.78, 5) is 9.14. The van der Waals surface area contributed by atoms with Crippen LogP contribution in [0.3, 0.4) is 0 Å². The molecule has 1 unspecified atom stereocenters. The molecule has 0 rings (SSSR count). The number of hydrogen-bond donors (Lipinski definition) is 1. The maximum Gasteiger partial charge on any atom is 0.0219 e. The van der Waals surface area contributed by atoms with Crippen molar-refractivity contribution in [3.63, 3.8) is 0 Å². The zero-order valence-corrected chi connectivity index (χ0v) is 11.6. The van der Waals surface area contributed by atoms with Gasteiger partial charge in [-0.25, -0.2) is 0 Å². The van der Waals surface area contributed by atoms with Crippen LogP contribution in [0.5, 0.6) is 0 Å². The highest BCUT2D eigenvalue weighted by molar-refractivity contribution is 7.50. The van der Waals surface area contributed by atoms with Crippen molar-refractivity contribution in [2.45, 2.75) is 71.1 Å². The molecule has 0 spiro atoms. The van der Waals surface area contributed by atoms with Gasteiger partial charge in [-0.3, -0.25) is 0 Å². The van der Waals surface area contributed by atoms with Crippen molar-refractivity contribution in [2.24, 2.45) is 0 Å². The molecule has 0 aliphatic rings. The number of rotatable bonds is 11. The molecule has 2 heteroatoms. The summed E-state index contributed by atoms with van der Waals surface area (Å²) in [6.45, 7) is 4.22. The first-order valence-corrected chi connectivity index (χ1v) is 8.60. The van der Waals surface area contributed by atoms with Gasteiger partial charge in [-0.2, -0.15) is 0 Å². The minimum Gasteiger partial charge on any atom is -0.374 e. The molecule has 0 aromatic rings. The van der Waals surface area contributed by atoms with Gasteiger partial charge in [0.15, 0.2) is 0 Å². The molecule has 0 amide bonds. The van der Waals surface area contributed by atoms with E-state index in [1.54, 1.807) is 0 Å². The van der Waals surface area contributed by atoms with Gasteiger partial charge in [0.25, 0.3) is 0 Å². The van der Waals surface area contributed by atoms with Gasteiger partial charge in [0, 0.05) is 8.15 Å². The predicted molar refractivity (Wildman–Crippen MR) is 71.8 cm³/mol. The van der Waals surface area contributed by atoms with Gasteiger partial charge in [-0.05, 0) is 19.2 Å². The average Bonchev–Trinajstić information content (AvgIpc) is 2.20. The van der Waals surface area contributed by atoms with Crippen molar-refractivity contribution in [1.82, 2.24) is 0 Å². The largest absolute Gasteiger partial charge is 0.374 e. The monoisotopic (exact) mass is 232 g/mol. The lowest BCUT2D eigenvalue weighted by molar-refractivity contribution is 0.560. The van der Waals surface area contributed by atoms with Crippen LogP contribution >= 0.6 is 8.15 Å². The van der Waals surface area contributed by atoms with E-state index >= 15 is 0 Å². The first kappa shape index (κ1) is 15.4. The Kier molecular flexibility index (Phi) is 12.8. The maximum atomic E-state index is 9.14. The fraction of sp³-hybridized carbons (Fsp3) is 1.00. The fourth-order valence-electron chi connectivity index (χ4n) is 1.83. The van der Waals surface area contributed by atoms with Gasteiger partial charge >= 0.3 is 0 Å². The molecule has 1 N–H and O–H groups in total. The SMILES string of the molecule is CCCCCCCCCCCCP(C)O. The minimum atomic E-state index is -0.635. The molecule has 0 fully saturated rings. The van der Waals surface area contributed by atoms with Crippen LogP contribution in [-0.4, -0.2) is 17.7 Å². The number of unbranched alkanes of at least 4 members (excludes halogenated alkanes) is 9. The summed E-state index contributed by atoms with van der Waals surface area (Å²) in [7, 11) is -0.635. The van der Waals surface area contributed by atoms with Gasteiger partial charge < -0.3 is 4.89 Å². The molecule has 0 aliphatic heterocycles. The summed E-state index contributed by atoms with van der Waals surface area (Å²) in [5.74, 6) is 0. The third kappa shape index (κ3) is 14.4. The lowest BCUT2D eigenvalue weighted by atomic mass is 10.1. The first-order chi connectivity index (χ1) is 7.27. The third-order valence-electron chi connectivity index (χ3n) is 2.84. The first-order valence-electron chi connectivity index (χ1n) is 6.67. The van der Waals surface area contributed by atoms with E-state index in [0.717, 1.165) is 6.16 Å². The van der Waals surface area contributed by atoms with E-state index in [1.807, 2.05) is 6.66 Å². The van der Waals surface area contributed by atoms with E-state index in [9.17, 15) is 0 Å². The standard InChI is InChI=1S/C13H29OP/c1-3-4-5-6-7-8-9-10-11-12-13-15(2)14/h14H,3-13H2,1-2H3. The zero-order chi connectivity index (χ0) is 11.4. The van der Waals surface area contributed by atoms with Crippen molar-refractivity contribution in [1.29, 1.82) is 0 Å². The normalized spacial score (nSPS) is 13.0. The Morgan fingerprint density at radius 1 is 0.733 bits per heavy atom. The summed E-state index contributed by atoms with van der Waals surface area (Å²) in [6.07, 6.45) is 14.9. The van der Waals surface area contributed by atoms with Gasteiger partial charge in [0.2, 0.25) is 0 Å². The van der Waals surface area contributed by atoms with Gasteiger partial charge in [-0.15, -0.1) is 0 Å². The zero-order valence-electron chi connectivity index (χ0n) is 10.7. The van der Waals surface area contributed by atoms with Gasteiger partial charge in [-0.1, -0.05) is 64.7 Å². The highest BCUT2D eigenvalue weighted by atomic mass is 31.1. The van der Waals surface area contributed by atoms with E-state index in [-0.39, 0.29) is 0 Å². The number of hydrogen-bond acceptors (Lipinski definition) is 1. The van der Waals surface area contributed by atoms with Crippen molar-refractivity contribution in [3.8, 4) is 0 Å². The summed E-state index contributed by atoms with van der Waals surface area (Å²) >= 11 is 0. The highest BCUT2D eigenvalue weighted by Gasteiger charge is 1.95. The molecule has 0 saturated carbocycles. The lowest BCUT2D eigenvalue weighted by Crippen LogP contribution is -1.84. The predicted octanol–water partition coefficient (Wildman–Crippen LogP) is 4.93. The third-order valence-corrected chi connectivity index (χ3v) is 3.80. The fourth-order valence-corrected chi connectivity index (χ4v) is 2.51. The molecule has 0 aromatic heterocycles. The Bertz CT molecular complexity index is 115. The molecular formula is C13H29OP. The summed E-state index contributed by atoms with van der Waals surface area (Å²) < 4.78 is 0. The van der Waals surface area contributed by atoms with Crippen LogP contribution < -0.4 is 0 Å². The Morgan fingerprint density at radius 3 is 1.53 bits per heavy atom. The smallest absolute Gasteiger partial charge is 0.0219 e. The second kappa shape index (κ2) is 12.5. The molecule has 1 nitrogen and oxygen atoms in total. The Morgan fingerprint density at radius 2 is 1.13 bits per heavy atom. The Balaban J connectivity index is 2.87. The van der Waals surface area contributed by atoms with Crippen LogP contribution in [0.1, 0.15) is 71.1 Å². The highest BCUT2D eigenvalue weighted by Crippen LogP contribution is 2.25. The van der Waals surface area contributed by atoms with Crippen LogP contribution in [0.25, 0.3) is 0 Å². The van der Waals surface area contributed by atoms with E-state index in [1.165, 1.54) is 64.2 Å². The van der Waals surface area contributed by atoms with Crippen molar-refractivity contribution >= 4 is 8.15 Å². The van der Waals surface area contributed by atoms with Gasteiger partial charge in [0.05, 0.1) is 0 Å². The van der Waals surface area contributed by atoms with Crippen LogP contribution in [-0.2, 0) is 0 Å². The molecule has 0 bridgehead atoms. The Labute approximate surface area is 97.5 Å². The van der Waals surface area contributed by atoms with Gasteiger partial charge in [0.1, 0.15) is 0 Å². The Hall–Kier alpha value is 0.390. The minimum absolute atomic E-state index is 0.635. The average molecular weight is 232 g/mol. The molecule has 0 heterocycles. The molecule has 0 aliphatic carbocycles. The summed E-state index contributed by atoms with van der Waals surface area (Å²) in [5, 5.41) is 0. The van der Waals surface area contributed by atoms with Crippen LogP contribution in [0.15, 0.2) is 0 Å². The second-order valence-electron chi connectivity index (χ2n) is 4.56. The molecule has 1 atom stereocenters. The van der Waals surface area contributed by atoms with E-state index in [4.69, 9.17) is 4.89 Å². The van der Waals surface area contributed by atoms with E-state index in [0.29, 0.717) is 0 Å². The van der Waals surface area contributed by atoms with Crippen molar-refractivity contribution in [2.75, 3.05) is 12.8 Å². The second-order valence-corrected chi connectivity index (χ2v) is 6.33. The molecule has 92 valence electrons. The summed E-state index contributed by atoms with van der Waals surface area (Å²) in [6, 6.07) is 0.